The molecule has 1 spiro atoms. The van der Waals surface area contributed by atoms with Crippen molar-refractivity contribution in [2.24, 2.45) is 5.92 Å². The molecule has 0 bridgehead atoms. The van der Waals surface area contributed by atoms with Gasteiger partial charge in [-0.1, -0.05) is 26.7 Å². The standard InChI is InChI=1S/C14H27NOS/c1-3-12(4-2)10-15-13-5-7-16-14(9-13)6-8-17-11-14/h12-13,15H,3-11H2,1-2H3. The van der Waals surface area contributed by atoms with Gasteiger partial charge in [0, 0.05) is 18.4 Å². The van der Waals surface area contributed by atoms with Crippen LogP contribution < -0.4 is 5.32 Å². The summed E-state index contributed by atoms with van der Waals surface area (Å²) in [6, 6.07) is 0.697. The lowest BCUT2D eigenvalue weighted by Gasteiger charge is -2.38. The predicted octanol–water partition coefficient (Wildman–Crippen LogP) is 3.07. The number of hydrogen-bond donors (Lipinski definition) is 1. The fraction of sp³-hybridized carbons (Fsp3) is 1.00. The van der Waals surface area contributed by atoms with Crippen molar-refractivity contribution in [3.05, 3.63) is 0 Å². The van der Waals surface area contributed by atoms with Crippen LogP contribution in [0.1, 0.15) is 46.0 Å². The van der Waals surface area contributed by atoms with Gasteiger partial charge >= 0.3 is 0 Å². The van der Waals surface area contributed by atoms with Crippen molar-refractivity contribution in [2.75, 3.05) is 24.7 Å². The van der Waals surface area contributed by atoms with Crippen molar-refractivity contribution < 1.29 is 4.74 Å². The first-order chi connectivity index (χ1) is 8.28. The Labute approximate surface area is 110 Å². The van der Waals surface area contributed by atoms with E-state index in [1.165, 1.54) is 50.2 Å². The van der Waals surface area contributed by atoms with E-state index in [-0.39, 0.29) is 5.60 Å². The zero-order valence-corrected chi connectivity index (χ0v) is 12.2. The minimum atomic E-state index is 0.231. The SMILES string of the molecule is CCC(CC)CNC1CCOC2(CCSC2)C1. The Morgan fingerprint density at radius 2 is 2.24 bits per heavy atom. The molecule has 0 aromatic carbocycles. The molecule has 0 saturated carbocycles. The molecule has 2 heterocycles. The van der Waals surface area contributed by atoms with Gasteiger partial charge in [0.25, 0.3) is 0 Å². The molecule has 0 amide bonds. The summed E-state index contributed by atoms with van der Waals surface area (Å²) in [6.45, 7) is 6.76. The smallest absolute Gasteiger partial charge is 0.0795 e. The van der Waals surface area contributed by atoms with Crippen LogP contribution in [0.3, 0.4) is 0 Å². The fourth-order valence-corrected chi connectivity index (χ4v) is 4.35. The minimum Gasteiger partial charge on any atom is -0.374 e. The molecular formula is C14H27NOS. The first kappa shape index (κ1) is 13.7. The molecule has 0 aromatic heterocycles. The Balaban J connectivity index is 1.77. The first-order valence-corrected chi connectivity index (χ1v) is 8.38. The Morgan fingerprint density at radius 3 is 2.88 bits per heavy atom. The number of thioether (sulfide) groups is 1. The molecule has 0 aliphatic carbocycles. The van der Waals surface area contributed by atoms with Gasteiger partial charge < -0.3 is 10.1 Å². The molecule has 2 fully saturated rings. The monoisotopic (exact) mass is 257 g/mol. The van der Waals surface area contributed by atoms with E-state index in [1.807, 2.05) is 0 Å². The van der Waals surface area contributed by atoms with Gasteiger partial charge in [-0.2, -0.15) is 11.8 Å². The van der Waals surface area contributed by atoms with Crippen LogP contribution in [-0.2, 0) is 4.74 Å². The van der Waals surface area contributed by atoms with E-state index in [2.05, 4.69) is 30.9 Å². The summed E-state index contributed by atoms with van der Waals surface area (Å²) in [5.41, 5.74) is 0.231. The molecule has 0 aromatic rings. The largest absolute Gasteiger partial charge is 0.374 e. The zero-order valence-electron chi connectivity index (χ0n) is 11.3. The molecule has 3 heteroatoms. The summed E-state index contributed by atoms with van der Waals surface area (Å²) in [6.07, 6.45) is 6.30. The van der Waals surface area contributed by atoms with E-state index < -0.39 is 0 Å². The average molecular weight is 257 g/mol. The summed E-state index contributed by atoms with van der Waals surface area (Å²) in [5, 5.41) is 3.79. The van der Waals surface area contributed by atoms with Crippen molar-refractivity contribution in [1.82, 2.24) is 5.32 Å². The molecule has 1 N–H and O–H groups in total. The first-order valence-electron chi connectivity index (χ1n) is 7.23. The molecule has 2 rings (SSSR count). The van der Waals surface area contributed by atoms with Gasteiger partial charge in [-0.3, -0.25) is 0 Å². The maximum absolute atomic E-state index is 6.06. The lowest BCUT2D eigenvalue weighted by Crippen LogP contribution is -2.48. The normalized spacial score (nSPS) is 33.7. The van der Waals surface area contributed by atoms with Gasteiger partial charge in [-0.05, 0) is 37.5 Å². The molecule has 2 atom stereocenters. The van der Waals surface area contributed by atoms with Crippen LogP contribution in [0.4, 0.5) is 0 Å². The topological polar surface area (TPSA) is 21.3 Å². The second-order valence-electron chi connectivity index (χ2n) is 5.61. The van der Waals surface area contributed by atoms with Gasteiger partial charge in [0.15, 0.2) is 0 Å². The van der Waals surface area contributed by atoms with Crippen LogP contribution >= 0.6 is 11.8 Å². The highest BCUT2D eigenvalue weighted by Gasteiger charge is 2.40. The molecule has 2 nitrogen and oxygen atoms in total. The van der Waals surface area contributed by atoms with E-state index in [9.17, 15) is 0 Å². The Morgan fingerprint density at radius 1 is 1.41 bits per heavy atom. The third-order valence-corrected chi connectivity index (χ3v) is 5.63. The maximum atomic E-state index is 6.06. The summed E-state index contributed by atoms with van der Waals surface area (Å²) < 4.78 is 6.06. The van der Waals surface area contributed by atoms with Crippen LogP contribution in [0.5, 0.6) is 0 Å². The fourth-order valence-electron chi connectivity index (χ4n) is 2.98. The van der Waals surface area contributed by atoms with Crippen molar-refractivity contribution >= 4 is 11.8 Å². The van der Waals surface area contributed by atoms with Crippen LogP contribution in [0.2, 0.25) is 0 Å². The Hall–Kier alpha value is 0.270. The predicted molar refractivity (Wildman–Crippen MR) is 75.7 cm³/mol. The molecule has 2 saturated heterocycles. The van der Waals surface area contributed by atoms with E-state index in [1.54, 1.807) is 0 Å². The van der Waals surface area contributed by atoms with Crippen molar-refractivity contribution in [2.45, 2.75) is 57.6 Å². The minimum absolute atomic E-state index is 0.231. The zero-order chi connectivity index (χ0) is 12.1. The summed E-state index contributed by atoms with van der Waals surface area (Å²) in [5.74, 6) is 3.36. The number of rotatable bonds is 5. The molecule has 100 valence electrons. The van der Waals surface area contributed by atoms with Crippen LogP contribution in [0.25, 0.3) is 0 Å². The number of hydrogen-bond acceptors (Lipinski definition) is 3. The summed E-state index contributed by atoms with van der Waals surface area (Å²) in [4.78, 5) is 0. The highest BCUT2D eigenvalue weighted by Crippen LogP contribution is 2.38. The van der Waals surface area contributed by atoms with Gasteiger partial charge in [-0.25, -0.2) is 0 Å². The Bertz CT molecular complexity index is 224. The number of nitrogens with one attached hydrogen (secondary N) is 1. The summed E-state index contributed by atoms with van der Waals surface area (Å²) in [7, 11) is 0. The van der Waals surface area contributed by atoms with Gasteiger partial charge in [-0.15, -0.1) is 0 Å². The second kappa shape index (κ2) is 6.44. The third kappa shape index (κ3) is 3.62. The van der Waals surface area contributed by atoms with Crippen molar-refractivity contribution in [1.29, 1.82) is 0 Å². The highest BCUT2D eigenvalue weighted by molar-refractivity contribution is 7.99. The van der Waals surface area contributed by atoms with Crippen LogP contribution in [-0.4, -0.2) is 36.3 Å². The quantitative estimate of drug-likeness (QED) is 0.818. The molecule has 0 radical (unpaired) electrons. The lowest BCUT2D eigenvalue weighted by atomic mass is 9.89. The average Bonchev–Trinajstić information content (AvgIpc) is 2.79. The lowest BCUT2D eigenvalue weighted by molar-refractivity contribution is -0.0704. The van der Waals surface area contributed by atoms with Gasteiger partial charge in [0.2, 0.25) is 0 Å². The molecule has 2 unspecified atom stereocenters. The molecule has 2 aliphatic rings. The van der Waals surface area contributed by atoms with E-state index >= 15 is 0 Å². The third-order valence-electron chi connectivity index (χ3n) is 4.41. The molecule has 2 aliphatic heterocycles. The summed E-state index contributed by atoms with van der Waals surface area (Å²) >= 11 is 2.06. The highest BCUT2D eigenvalue weighted by atomic mass is 32.2. The maximum Gasteiger partial charge on any atom is 0.0795 e. The van der Waals surface area contributed by atoms with E-state index in [4.69, 9.17) is 4.74 Å². The molecule has 17 heavy (non-hydrogen) atoms. The van der Waals surface area contributed by atoms with E-state index in [0.717, 1.165) is 12.5 Å². The number of ether oxygens (including phenoxy) is 1. The van der Waals surface area contributed by atoms with Crippen molar-refractivity contribution in [3.8, 4) is 0 Å². The van der Waals surface area contributed by atoms with Gasteiger partial charge in [0.1, 0.15) is 0 Å². The van der Waals surface area contributed by atoms with Gasteiger partial charge in [0.05, 0.1) is 5.60 Å². The van der Waals surface area contributed by atoms with Crippen LogP contribution in [0.15, 0.2) is 0 Å². The molecular weight excluding hydrogens is 230 g/mol. The second-order valence-corrected chi connectivity index (χ2v) is 6.72. The van der Waals surface area contributed by atoms with Crippen molar-refractivity contribution in [3.63, 3.8) is 0 Å². The van der Waals surface area contributed by atoms with E-state index in [0.29, 0.717) is 6.04 Å². The van der Waals surface area contributed by atoms with Crippen LogP contribution in [0, 0.1) is 5.92 Å². The Kier molecular flexibility index (Phi) is 5.19.